The molecule has 1 aromatic carbocycles. The van der Waals surface area contributed by atoms with Crippen LogP contribution in [-0.4, -0.2) is 15.2 Å². The van der Waals surface area contributed by atoms with Gasteiger partial charge in [-0.05, 0) is 30.7 Å². The molecular weight excluding hydrogens is 202 g/mol. The average molecular weight is 210 g/mol. The van der Waals surface area contributed by atoms with E-state index in [0.717, 1.165) is 16.5 Å². The summed E-state index contributed by atoms with van der Waals surface area (Å²) in [6.07, 6.45) is 1.70. The van der Waals surface area contributed by atoms with Gasteiger partial charge < -0.3 is 5.11 Å². The van der Waals surface area contributed by atoms with Gasteiger partial charge in [-0.1, -0.05) is 0 Å². The van der Waals surface area contributed by atoms with E-state index >= 15 is 0 Å². The van der Waals surface area contributed by atoms with Crippen LogP contribution in [0.5, 0.6) is 0 Å². The van der Waals surface area contributed by atoms with Crippen molar-refractivity contribution in [1.29, 1.82) is 0 Å². The van der Waals surface area contributed by atoms with E-state index in [1.54, 1.807) is 25.3 Å². The maximum atomic E-state index is 10.8. The van der Waals surface area contributed by atoms with E-state index in [0.29, 0.717) is 5.56 Å². The Kier molecular flexibility index (Phi) is 1.97. The summed E-state index contributed by atoms with van der Waals surface area (Å²) in [5.41, 5.74) is 1.89. The van der Waals surface area contributed by atoms with E-state index in [9.17, 15) is 4.79 Å². The van der Waals surface area contributed by atoms with Crippen molar-refractivity contribution in [2.45, 2.75) is 6.92 Å². The summed E-state index contributed by atoms with van der Waals surface area (Å²) < 4.78 is 1.45. The van der Waals surface area contributed by atoms with Crippen LogP contribution in [0.4, 0.5) is 0 Å². The highest BCUT2D eigenvalue weighted by molar-refractivity contribution is 6.19. The zero-order valence-corrected chi connectivity index (χ0v) is 8.25. The van der Waals surface area contributed by atoms with Crippen LogP contribution in [0.1, 0.15) is 15.9 Å². The third-order valence-electron chi connectivity index (χ3n) is 2.32. The molecule has 2 aromatic rings. The molecule has 0 saturated carbocycles. The molecule has 0 aliphatic heterocycles. The van der Waals surface area contributed by atoms with Gasteiger partial charge in [0.25, 0.3) is 0 Å². The molecule has 3 nitrogen and oxygen atoms in total. The first-order chi connectivity index (χ1) is 6.61. The number of carboxylic acid groups (broad SMARTS) is 1. The standard InChI is InChI=1S/C10H8ClNO2/c1-6-7-4-5-12(11)9(7)3-2-8(6)10(13)14/h2-5H,1H3,(H,13,14). The van der Waals surface area contributed by atoms with Gasteiger partial charge in [0.2, 0.25) is 0 Å². The summed E-state index contributed by atoms with van der Waals surface area (Å²) in [4.78, 5) is 10.8. The van der Waals surface area contributed by atoms with Crippen LogP contribution in [0.25, 0.3) is 10.9 Å². The summed E-state index contributed by atoms with van der Waals surface area (Å²) >= 11 is 5.85. The fourth-order valence-electron chi connectivity index (χ4n) is 1.56. The van der Waals surface area contributed by atoms with E-state index in [1.807, 2.05) is 6.07 Å². The molecule has 2 rings (SSSR count). The van der Waals surface area contributed by atoms with Crippen molar-refractivity contribution in [2.75, 3.05) is 0 Å². The lowest BCUT2D eigenvalue weighted by Crippen LogP contribution is -1.99. The van der Waals surface area contributed by atoms with Crippen LogP contribution in [0.15, 0.2) is 24.4 Å². The highest BCUT2D eigenvalue weighted by Gasteiger charge is 2.11. The second kappa shape index (κ2) is 3.03. The third kappa shape index (κ3) is 1.17. The number of benzene rings is 1. The first-order valence-corrected chi connectivity index (χ1v) is 4.45. The number of carbonyl (C=O) groups is 1. The van der Waals surface area contributed by atoms with Crippen LogP contribution in [0, 0.1) is 6.92 Å². The number of carboxylic acids is 1. The van der Waals surface area contributed by atoms with Crippen LogP contribution < -0.4 is 0 Å². The Morgan fingerprint density at radius 3 is 2.79 bits per heavy atom. The minimum Gasteiger partial charge on any atom is -0.478 e. The van der Waals surface area contributed by atoms with Gasteiger partial charge in [0.15, 0.2) is 0 Å². The Morgan fingerprint density at radius 2 is 2.14 bits per heavy atom. The van der Waals surface area contributed by atoms with Gasteiger partial charge >= 0.3 is 5.97 Å². The van der Waals surface area contributed by atoms with Gasteiger partial charge in [-0.3, -0.25) is 4.09 Å². The van der Waals surface area contributed by atoms with Gasteiger partial charge in [0, 0.05) is 23.4 Å². The summed E-state index contributed by atoms with van der Waals surface area (Å²) in [5.74, 6) is -0.910. The molecule has 1 N–H and O–H groups in total. The number of aryl methyl sites for hydroxylation is 1. The molecule has 1 heterocycles. The van der Waals surface area contributed by atoms with E-state index in [1.165, 1.54) is 4.09 Å². The summed E-state index contributed by atoms with van der Waals surface area (Å²) in [6, 6.07) is 5.09. The normalized spacial score (nSPS) is 10.7. The van der Waals surface area contributed by atoms with Gasteiger partial charge in [-0.25, -0.2) is 4.79 Å². The molecule has 0 bridgehead atoms. The fraction of sp³-hybridized carbons (Fsp3) is 0.100. The van der Waals surface area contributed by atoms with E-state index < -0.39 is 5.97 Å². The minimum atomic E-state index is -0.910. The Hall–Kier alpha value is -1.48. The largest absolute Gasteiger partial charge is 0.478 e. The second-order valence-electron chi connectivity index (χ2n) is 3.10. The number of nitrogens with zero attached hydrogens (tertiary/aromatic N) is 1. The highest BCUT2D eigenvalue weighted by Crippen LogP contribution is 2.23. The molecule has 1 aromatic heterocycles. The Morgan fingerprint density at radius 1 is 1.43 bits per heavy atom. The lowest BCUT2D eigenvalue weighted by Gasteiger charge is -2.02. The van der Waals surface area contributed by atoms with E-state index in [-0.39, 0.29) is 0 Å². The summed E-state index contributed by atoms with van der Waals surface area (Å²) in [5, 5.41) is 9.77. The monoisotopic (exact) mass is 209 g/mol. The molecule has 0 radical (unpaired) electrons. The van der Waals surface area contributed by atoms with Gasteiger partial charge in [-0.2, -0.15) is 0 Å². The van der Waals surface area contributed by atoms with Crippen molar-refractivity contribution >= 4 is 28.6 Å². The molecule has 0 aliphatic carbocycles. The van der Waals surface area contributed by atoms with Crippen molar-refractivity contribution in [3.8, 4) is 0 Å². The number of hydrogen-bond donors (Lipinski definition) is 1. The van der Waals surface area contributed by atoms with Crippen molar-refractivity contribution in [3.05, 3.63) is 35.5 Å². The molecule has 14 heavy (non-hydrogen) atoms. The summed E-state index contributed by atoms with van der Waals surface area (Å²) in [6.45, 7) is 1.78. The zero-order valence-electron chi connectivity index (χ0n) is 7.49. The lowest BCUT2D eigenvalue weighted by molar-refractivity contribution is 0.0696. The molecule has 0 unspecified atom stereocenters. The first-order valence-electron chi connectivity index (χ1n) is 4.11. The van der Waals surface area contributed by atoms with E-state index in [2.05, 4.69) is 0 Å². The lowest BCUT2D eigenvalue weighted by atomic mass is 10.1. The first kappa shape index (κ1) is 9.09. The molecule has 0 aliphatic rings. The Balaban J connectivity index is 2.82. The van der Waals surface area contributed by atoms with Crippen LogP contribution in [-0.2, 0) is 0 Å². The van der Waals surface area contributed by atoms with E-state index in [4.69, 9.17) is 16.9 Å². The van der Waals surface area contributed by atoms with Crippen molar-refractivity contribution in [2.24, 2.45) is 0 Å². The predicted molar refractivity (Wildman–Crippen MR) is 54.9 cm³/mol. The fourth-order valence-corrected chi connectivity index (χ4v) is 1.77. The Bertz CT molecular complexity index is 516. The van der Waals surface area contributed by atoms with Crippen LogP contribution >= 0.6 is 11.8 Å². The van der Waals surface area contributed by atoms with Gasteiger partial charge in [-0.15, -0.1) is 0 Å². The smallest absolute Gasteiger partial charge is 0.335 e. The number of fused-ring (bicyclic) bond motifs is 1. The SMILES string of the molecule is Cc1c(C(=O)O)ccc2c1ccn2Cl. The van der Waals surface area contributed by atoms with Crippen molar-refractivity contribution in [1.82, 2.24) is 4.09 Å². The zero-order chi connectivity index (χ0) is 10.3. The molecule has 0 fully saturated rings. The van der Waals surface area contributed by atoms with Crippen LogP contribution in [0.2, 0.25) is 0 Å². The molecule has 0 saturated heterocycles. The molecule has 4 heteroatoms. The number of aromatic nitrogens is 1. The maximum Gasteiger partial charge on any atom is 0.335 e. The highest BCUT2D eigenvalue weighted by atomic mass is 35.5. The molecular formula is C10H8ClNO2. The number of halogens is 1. The van der Waals surface area contributed by atoms with Gasteiger partial charge in [0.05, 0.1) is 11.1 Å². The van der Waals surface area contributed by atoms with Gasteiger partial charge in [0.1, 0.15) is 0 Å². The van der Waals surface area contributed by atoms with Crippen molar-refractivity contribution < 1.29 is 9.90 Å². The molecule has 0 atom stereocenters. The third-order valence-corrected chi connectivity index (χ3v) is 2.62. The molecule has 72 valence electrons. The number of aromatic carboxylic acids is 1. The predicted octanol–water partition coefficient (Wildman–Crippen LogP) is 2.65. The molecule has 0 spiro atoms. The number of hydrogen-bond acceptors (Lipinski definition) is 1. The molecule has 0 amide bonds. The Labute approximate surface area is 85.6 Å². The second-order valence-corrected chi connectivity index (χ2v) is 3.47. The summed E-state index contributed by atoms with van der Waals surface area (Å²) in [7, 11) is 0. The number of rotatable bonds is 1. The van der Waals surface area contributed by atoms with Crippen LogP contribution in [0.3, 0.4) is 0 Å². The quantitative estimate of drug-likeness (QED) is 0.785. The van der Waals surface area contributed by atoms with Crippen molar-refractivity contribution in [3.63, 3.8) is 0 Å². The minimum absolute atomic E-state index is 0.320. The average Bonchev–Trinajstić information content (AvgIpc) is 2.49. The topological polar surface area (TPSA) is 42.2 Å². The maximum absolute atomic E-state index is 10.8.